The zero-order chi connectivity index (χ0) is 18.6. The minimum absolute atomic E-state index is 0.0351. The molecule has 1 aromatic carbocycles. The third-order valence-corrected chi connectivity index (χ3v) is 4.30. The van der Waals surface area contributed by atoms with E-state index in [9.17, 15) is 4.79 Å². The van der Waals surface area contributed by atoms with E-state index >= 15 is 0 Å². The maximum absolute atomic E-state index is 11.9. The molecule has 2 unspecified atom stereocenters. The molecule has 0 heterocycles. The van der Waals surface area contributed by atoms with Crippen molar-refractivity contribution in [1.82, 2.24) is 16.0 Å². The Morgan fingerprint density at radius 2 is 1.88 bits per heavy atom. The minimum Gasteiger partial charge on any atom is -0.353 e. The van der Waals surface area contributed by atoms with Crippen LogP contribution >= 0.6 is 0 Å². The summed E-state index contributed by atoms with van der Waals surface area (Å²) in [7, 11) is 1.73. The van der Waals surface area contributed by atoms with Gasteiger partial charge in [-0.05, 0) is 44.2 Å². The molecule has 0 aromatic heterocycles. The smallest absolute Gasteiger partial charge is 0.239 e. The molecule has 1 saturated carbocycles. The fraction of sp³-hybridized carbons (Fsp3) is 0.600. The van der Waals surface area contributed by atoms with Crippen molar-refractivity contribution in [2.75, 3.05) is 13.6 Å². The molecule has 5 nitrogen and oxygen atoms in total. The third kappa shape index (κ3) is 6.07. The average molecular weight is 345 g/mol. The van der Waals surface area contributed by atoms with E-state index in [1.807, 2.05) is 20.8 Å². The molecule has 1 aliphatic carbocycles. The van der Waals surface area contributed by atoms with Crippen molar-refractivity contribution < 1.29 is 4.79 Å². The standard InChI is InChI=1S/C20H32N4O/c1-13(2)14-7-9-15(10-8-14)16-11-17(16)23-19(21-6)22-12-18(25)24-20(3,4)5/h7-10,13,16-17H,11-12H2,1-6H3,(H,24,25)(H2,21,22,23). The number of nitrogens with one attached hydrogen (secondary N) is 3. The van der Waals surface area contributed by atoms with Gasteiger partial charge in [-0.1, -0.05) is 38.1 Å². The number of guanidine groups is 1. The van der Waals surface area contributed by atoms with Crippen LogP contribution in [0, 0.1) is 0 Å². The number of hydrogen-bond acceptors (Lipinski definition) is 2. The zero-order valence-corrected chi connectivity index (χ0v) is 16.3. The monoisotopic (exact) mass is 344 g/mol. The fourth-order valence-electron chi connectivity index (χ4n) is 2.85. The Hall–Kier alpha value is -2.04. The lowest BCUT2D eigenvalue weighted by molar-refractivity contribution is -0.121. The van der Waals surface area contributed by atoms with Crippen LogP contribution in [0.4, 0.5) is 0 Å². The minimum atomic E-state index is -0.223. The van der Waals surface area contributed by atoms with E-state index < -0.39 is 0 Å². The van der Waals surface area contributed by atoms with Gasteiger partial charge in [0.25, 0.3) is 0 Å². The molecule has 25 heavy (non-hydrogen) atoms. The highest BCUT2D eigenvalue weighted by Gasteiger charge is 2.39. The van der Waals surface area contributed by atoms with Crippen molar-refractivity contribution >= 4 is 11.9 Å². The van der Waals surface area contributed by atoms with Crippen molar-refractivity contribution in [1.29, 1.82) is 0 Å². The predicted octanol–water partition coefficient (Wildman–Crippen LogP) is 2.75. The van der Waals surface area contributed by atoms with Crippen molar-refractivity contribution in [3.63, 3.8) is 0 Å². The summed E-state index contributed by atoms with van der Waals surface area (Å²) in [5, 5.41) is 9.42. The SMILES string of the molecule is CN=C(NCC(=O)NC(C)(C)C)NC1CC1c1ccc(C(C)C)cc1. The summed E-state index contributed by atoms with van der Waals surface area (Å²) in [5.74, 6) is 1.72. The molecule has 0 radical (unpaired) electrons. The predicted molar refractivity (Wildman–Crippen MR) is 104 cm³/mol. The van der Waals surface area contributed by atoms with E-state index in [1.165, 1.54) is 11.1 Å². The Kier molecular flexibility index (Phi) is 6.09. The van der Waals surface area contributed by atoms with Gasteiger partial charge in [0.1, 0.15) is 0 Å². The van der Waals surface area contributed by atoms with Gasteiger partial charge in [0.05, 0.1) is 6.54 Å². The average Bonchev–Trinajstić information content (AvgIpc) is 3.29. The first-order valence-corrected chi connectivity index (χ1v) is 9.07. The number of carbonyl (C=O) groups excluding carboxylic acids is 1. The van der Waals surface area contributed by atoms with Gasteiger partial charge in [-0.2, -0.15) is 0 Å². The second-order valence-electron chi connectivity index (χ2n) is 8.14. The Balaban J connectivity index is 1.81. The highest BCUT2D eigenvalue weighted by molar-refractivity contribution is 5.87. The van der Waals surface area contributed by atoms with E-state index in [0.29, 0.717) is 23.8 Å². The lowest BCUT2D eigenvalue weighted by Gasteiger charge is -2.21. The first-order valence-electron chi connectivity index (χ1n) is 9.07. The number of nitrogens with zero attached hydrogens (tertiary/aromatic N) is 1. The van der Waals surface area contributed by atoms with Crippen LogP contribution in [0.15, 0.2) is 29.3 Å². The molecule has 1 fully saturated rings. The first-order chi connectivity index (χ1) is 11.7. The lowest BCUT2D eigenvalue weighted by atomic mass is 10.0. The van der Waals surface area contributed by atoms with Crippen LogP contribution in [0.2, 0.25) is 0 Å². The number of rotatable bonds is 5. The van der Waals surface area contributed by atoms with E-state index in [1.54, 1.807) is 7.05 Å². The molecule has 0 bridgehead atoms. The third-order valence-electron chi connectivity index (χ3n) is 4.30. The van der Waals surface area contributed by atoms with Crippen LogP contribution in [0.3, 0.4) is 0 Å². The molecule has 0 spiro atoms. The lowest BCUT2D eigenvalue weighted by Crippen LogP contribution is -2.48. The van der Waals surface area contributed by atoms with E-state index in [2.05, 4.69) is 59.1 Å². The van der Waals surface area contributed by atoms with Gasteiger partial charge in [-0.25, -0.2) is 0 Å². The molecule has 2 atom stereocenters. The van der Waals surface area contributed by atoms with Gasteiger partial charge < -0.3 is 16.0 Å². The van der Waals surface area contributed by atoms with Gasteiger partial charge in [-0.3, -0.25) is 9.79 Å². The largest absolute Gasteiger partial charge is 0.353 e. The van der Waals surface area contributed by atoms with Gasteiger partial charge in [0.15, 0.2) is 5.96 Å². The molecule has 1 aliphatic rings. The molecule has 0 saturated heterocycles. The summed E-state index contributed by atoms with van der Waals surface area (Å²) in [6, 6.07) is 9.28. The molecule has 0 aliphatic heterocycles. The second-order valence-corrected chi connectivity index (χ2v) is 8.14. The molecular formula is C20H32N4O. The van der Waals surface area contributed by atoms with Crippen LogP contribution in [-0.2, 0) is 4.79 Å². The molecule has 2 rings (SSSR count). The molecule has 138 valence electrons. The Morgan fingerprint density at radius 3 is 2.40 bits per heavy atom. The van der Waals surface area contributed by atoms with Gasteiger partial charge in [0, 0.05) is 24.5 Å². The van der Waals surface area contributed by atoms with E-state index in [0.717, 1.165) is 6.42 Å². The molecule has 1 aromatic rings. The number of amides is 1. The van der Waals surface area contributed by atoms with Gasteiger partial charge in [-0.15, -0.1) is 0 Å². The number of hydrogen-bond donors (Lipinski definition) is 3. The van der Waals surface area contributed by atoms with Crippen molar-refractivity contribution in [3.05, 3.63) is 35.4 Å². The van der Waals surface area contributed by atoms with E-state index in [4.69, 9.17) is 0 Å². The summed E-state index contributed by atoms with van der Waals surface area (Å²) in [6.07, 6.45) is 1.09. The molecular weight excluding hydrogens is 312 g/mol. The quantitative estimate of drug-likeness (QED) is 0.568. The number of aliphatic imine (C=N–C) groups is 1. The molecule has 3 N–H and O–H groups in total. The van der Waals surface area contributed by atoms with Gasteiger partial charge in [0.2, 0.25) is 5.91 Å². The summed E-state index contributed by atoms with van der Waals surface area (Å²) in [5.41, 5.74) is 2.51. The number of benzene rings is 1. The van der Waals surface area contributed by atoms with Crippen LogP contribution < -0.4 is 16.0 Å². The Morgan fingerprint density at radius 1 is 1.24 bits per heavy atom. The van der Waals surface area contributed by atoms with Crippen molar-refractivity contribution in [3.8, 4) is 0 Å². The number of carbonyl (C=O) groups is 1. The highest BCUT2D eigenvalue weighted by Crippen LogP contribution is 2.41. The van der Waals surface area contributed by atoms with Gasteiger partial charge >= 0.3 is 0 Å². The topological polar surface area (TPSA) is 65.5 Å². The first kappa shape index (κ1) is 19.3. The summed E-state index contributed by atoms with van der Waals surface area (Å²) in [4.78, 5) is 16.1. The van der Waals surface area contributed by atoms with E-state index in [-0.39, 0.29) is 18.0 Å². The highest BCUT2D eigenvalue weighted by atomic mass is 16.2. The van der Waals surface area contributed by atoms with Crippen LogP contribution in [0.1, 0.15) is 64.0 Å². The Labute approximate surface area is 151 Å². The maximum atomic E-state index is 11.9. The fourth-order valence-corrected chi connectivity index (χ4v) is 2.85. The summed E-state index contributed by atoms with van der Waals surface area (Å²) in [6.45, 7) is 10.5. The molecule has 5 heteroatoms. The maximum Gasteiger partial charge on any atom is 0.239 e. The summed E-state index contributed by atoms with van der Waals surface area (Å²) < 4.78 is 0. The van der Waals surface area contributed by atoms with Crippen LogP contribution in [-0.4, -0.2) is 37.0 Å². The normalized spacial score (nSPS) is 20.4. The van der Waals surface area contributed by atoms with Crippen molar-refractivity contribution in [2.45, 2.75) is 64.5 Å². The Bertz CT molecular complexity index is 614. The van der Waals surface area contributed by atoms with Crippen molar-refractivity contribution in [2.24, 2.45) is 4.99 Å². The van der Waals surface area contributed by atoms with Crippen LogP contribution in [0.25, 0.3) is 0 Å². The van der Waals surface area contributed by atoms with Crippen LogP contribution in [0.5, 0.6) is 0 Å². The summed E-state index contributed by atoms with van der Waals surface area (Å²) >= 11 is 0. The zero-order valence-electron chi connectivity index (χ0n) is 16.3. The molecule has 1 amide bonds. The second kappa shape index (κ2) is 7.89.